The highest BCUT2D eigenvalue weighted by Crippen LogP contribution is 2.29. The molecule has 1 atom stereocenters. The Morgan fingerprint density at radius 3 is 2.48 bits per heavy atom. The van der Waals surface area contributed by atoms with E-state index in [0.717, 1.165) is 0 Å². The molecule has 0 radical (unpaired) electrons. The van der Waals surface area contributed by atoms with Gasteiger partial charge in [-0.1, -0.05) is 0 Å². The molecule has 1 unspecified atom stereocenters. The fourth-order valence-electron chi connectivity index (χ4n) is 1.57. The predicted molar refractivity (Wildman–Crippen MR) is 71.7 cm³/mol. The number of rotatable bonds is 6. The van der Waals surface area contributed by atoms with Gasteiger partial charge in [0.1, 0.15) is 24.1 Å². The highest BCUT2D eigenvalue weighted by molar-refractivity contribution is 5.84. The molecule has 21 heavy (non-hydrogen) atoms. The van der Waals surface area contributed by atoms with Gasteiger partial charge in [0.15, 0.2) is 0 Å². The van der Waals surface area contributed by atoms with E-state index in [4.69, 9.17) is 9.47 Å². The molecule has 0 aliphatic carbocycles. The molecule has 1 aromatic carbocycles. The van der Waals surface area contributed by atoms with Crippen LogP contribution in [0.4, 0.5) is 18.9 Å². The molecule has 0 fully saturated rings. The van der Waals surface area contributed by atoms with Crippen LogP contribution in [-0.4, -0.2) is 38.9 Å². The van der Waals surface area contributed by atoms with Crippen LogP contribution in [-0.2, 0) is 4.79 Å². The van der Waals surface area contributed by atoms with Crippen LogP contribution in [0.25, 0.3) is 0 Å². The molecule has 0 aliphatic heterocycles. The molecular formula is C13H17F3N2O3. The second-order valence-corrected chi connectivity index (χ2v) is 4.27. The van der Waals surface area contributed by atoms with Gasteiger partial charge in [0.2, 0.25) is 5.91 Å². The first-order valence-corrected chi connectivity index (χ1v) is 6.10. The van der Waals surface area contributed by atoms with E-state index in [9.17, 15) is 18.0 Å². The van der Waals surface area contributed by atoms with Crippen molar-refractivity contribution in [2.24, 2.45) is 0 Å². The molecule has 0 heterocycles. The Bertz CT molecular complexity index is 492. The van der Waals surface area contributed by atoms with Crippen LogP contribution < -0.4 is 20.1 Å². The molecule has 0 aliphatic rings. The van der Waals surface area contributed by atoms with Crippen LogP contribution in [0.3, 0.4) is 0 Å². The van der Waals surface area contributed by atoms with Crippen LogP contribution in [0.15, 0.2) is 18.2 Å². The van der Waals surface area contributed by atoms with E-state index >= 15 is 0 Å². The minimum atomic E-state index is -4.44. The first-order chi connectivity index (χ1) is 9.76. The van der Waals surface area contributed by atoms with Crippen molar-refractivity contribution in [2.45, 2.75) is 19.1 Å². The number of hydrogen-bond donors (Lipinski definition) is 2. The predicted octanol–water partition coefficient (Wildman–Crippen LogP) is 2.18. The summed E-state index contributed by atoms with van der Waals surface area (Å²) in [5.41, 5.74) is 0.450. The summed E-state index contributed by atoms with van der Waals surface area (Å²) < 4.78 is 46.3. The Morgan fingerprint density at radius 2 is 1.95 bits per heavy atom. The average molecular weight is 306 g/mol. The maximum Gasteiger partial charge on any atom is 0.405 e. The molecule has 1 rings (SSSR count). The Hall–Kier alpha value is -2.12. The quantitative estimate of drug-likeness (QED) is 0.846. The summed E-state index contributed by atoms with van der Waals surface area (Å²) in [4.78, 5) is 11.6. The molecule has 8 heteroatoms. The zero-order valence-electron chi connectivity index (χ0n) is 11.9. The highest BCUT2D eigenvalue weighted by Gasteiger charge is 2.28. The number of anilines is 1. The third-order valence-corrected chi connectivity index (χ3v) is 2.64. The summed E-state index contributed by atoms with van der Waals surface area (Å²) in [6, 6.07) is 4.01. The van der Waals surface area contributed by atoms with Gasteiger partial charge in [0, 0.05) is 6.07 Å². The summed E-state index contributed by atoms with van der Waals surface area (Å²) >= 11 is 0. The molecule has 2 N–H and O–H groups in total. The number of amides is 1. The Morgan fingerprint density at radius 1 is 1.29 bits per heavy atom. The van der Waals surface area contributed by atoms with E-state index < -0.39 is 24.7 Å². The van der Waals surface area contributed by atoms with Gasteiger partial charge in [-0.3, -0.25) is 4.79 Å². The van der Waals surface area contributed by atoms with E-state index in [1.807, 2.05) is 5.32 Å². The Labute approximate surface area is 120 Å². The third kappa shape index (κ3) is 5.41. The number of methoxy groups -OCH3 is 2. The highest BCUT2D eigenvalue weighted by atomic mass is 19.4. The second-order valence-electron chi connectivity index (χ2n) is 4.27. The summed E-state index contributed by atoms with van der Waals surface area (Å²) in [6.07, 6.45) is -4.44. The minimum absolute atomic E-state index is 0.450. The number of carbonyl (C=O) groups excluding carboxylic acids is 1. The largest absolute Gasteiger partial charge is 0.497 e. The van der Waals surface area contributed by atoms with Gasteiger partial charge in [-0.05, 0) is 19.1 Å². The molecule has 0 saturated heterocycles. The molecular weight excluding hydrogens is 289 g/mol. The summed E-state index contributed by atoms with van der Waals surface area (Å²) in [6.45, 7) is 0.0811. The fourth-order valence-corrected chi connectivity index (χ4v) is 1.57. The van der Waals surface area contributed by atoms with Crippen LogP contribution in [0.2, 0.25) is 0 Å². The number of hydrogen-bond acceptors (Lipinski definition) is 4. The van der Waals surface area contributed by atoms with Gasteiger partial charge in [-0.2, -0.15) is 13.2 Å². The molecule has 0 saturated carbocycles. The molecule has 0 spiro atoms. The lowest BCUT2D eigenvalue weighted by Crippen LogP contribution is -2.42. The maximum atomic E-state index is 12.1. The molecule has 0 bridgehead atoms. The molecule has 1 amide bonds. The van der Waals surface area contributed by atoms with E-state index in [0.29, 0.717) is 17.2 Å². The molecule has 5 nitrogen and oxygen atoms in total. The van der Waals surface area contributed by atoms with Crippen molar-refractivity contribution in [3.05, 3.63) is 18.2 Å². The van der Waals surface area contributed by atoms with Crippen LogP contribution in [0, 0.1) is 0 Å². The van der Waals surface area contributed by atoms with Gasteiger partial charge >= 0.3 is 6.18 Å². The van der Waals surface area contributed by atoms with Crippen molar-refractivity contribution < 1.29 is 27.4 Å². The van der Waals surface area contributed by atoms with Crippen molar-refractivity contribution in [1.29, 1.82) is 0 Å². The van der Waals surface area contributed by atoms with Gasteiger partial charge in [-0.15, -0.1) is 0 Å². The Kier molecular flexibility index (Phi) is 5.69. The zero-order chi connectivity index (χ0) is 16.0. The van der Waals surface area contributed by atoms with Crippen molar-refractivity contribution in [3.8, 4) is 11.5 Å². The minimum Gasteiger partial charge on any atom is -0.497 e. The topological polar surface area (TPSA) is 59.6 Å². The van der Waals surface area contributed by atoms with E-state index in [-0.39, 0.29) is 0 Å². The van der Waals surface area contributed by atoms with Gasteiger partial charge in [0.05, 0.1) is 19.9 Å². The third-order valence-electron chi connectivity index (χ3n) is 2.64. The maximum absolute atomic E-state index is 12.1. The van der Waals surface area contributed by atoms with E-state index in [1.165, 1.54) is 21.1 Å². The van der Waals surface area contributed by atoms with Gasteiger partial charge in [0.25, 0.3) is 0 Å². The molecule has 118 valence electrons. The lowest BCUT2D eigenvalue weighted by Gasteiger charge is -2.18. The van der Waals surface area contributed by atoms with Gasteiger partial charge in [-0.25, -0.2) is 0 Å². The van der Waals surface area contributed by atoms with Crippen molar-refractivity contribution >= 4 is 11.6 Å². The lowest BCUT2D eigenvalue weighted by atomic mass is 10.2. The summed E-state index contributed by atoms with van der Waals surface area (Å²) in [5, 5.41) is 4.60. The van der Waals surface area contributed by atoms with Crippen LogP contribution in [0.5, 0.6) is 11.5 Å². The number of carbonyl (C=O) groups is 1. The average Bonchev–Trinajstić information content (AvgIpc) is 2.43. The van der Waals surface area contributed by atoms with E-state index in [1.54, 1.807) is 18.2 Å². The van der Waals surface area contributed by atoms with Gasteiger partial charge < -0.3 is 20.1 Å². The number of benzene rings is 1. The summed E-state index contributed by atoms with van der Waals surface area (Å²) in [7, 11) is 2.92. The fraction of sp³-hybridized carbons (Fsp3) is 0.462. The lowest BCUT2D eigenvalue weighted by molar-refractivity contribution is -0.138. The number of halogens is 3. The number of nitrogens with one attached hydrogen (secondary N) is 2. The second kappa shape index (κ2) is 7.05. The van der Waals surface area contributed by atoms with Crippen molar-refractivity contribution in [1.82, 2.24) is 5.32 Å². The smallest absolute Gasteiger partial charge is 0.405 e. The SMILES string of the molecule is COc1ccc(OC)c(NC(C)C(=O)NCC(F)(F)F)c1. The number of alkyl halides is 3. The normalized spacial score (nSPS) is 12.5. The van der Waals surface area contributed by atoms with E-state index in [2.05, 4.69) is 5.32 Å². The zero-order valence-corrected chi connectivity index (χ0v) is 11.9. The first kappa shape index (κ1) is 16.9. The standard InChI is InChI=1S/C13H17F3N2O3/c1-8(12(19)17-7-13(14,15)16)18-10-6-9(20-2)4-5-11(10)21-3/h4-6,8,18H,7H2,1-3H3,(H,17,19). The first-order valence-electron chi connectivity index (χ1n) is 6.10. The Balaban J connectivity index is 2.73. The van der Waals surface area contributed by atoms with Crippen LogP contribution >= 0.6 is 0 Å². The summed E-state index contributed by atoms with van der Waals surface area (Å²) in [5.74, 6) is 0.213. The molecule has 0 aromatic heterocycles. The van der Waals surface area contributed by atoms with Crippen LogP contribution in [0.1, 0.15) is 6.92 Å². The van der Waals surface area contributed by atoms with Crippen molar-refractivity contribution in [3.63, 3.8) is 0 Å². The number of ether oxygens (including phenoxy) is 2. The molecule has 1 aromatic rings. The monoisotopic (exact) mass is 306 g/mol. The van der Waals surface area contributed by atoms with Crippen molar-refractivity contribution in [2.75, 3.05) is 26.1 Å².